The fraction of sp³-hybridized carbons (Fsp3) is 0.308. The van der Waals surface area contributed by atoms with Crippen molar-refractivity contribution in [1.29, 1.82) is 0 Å². The fourth-order valence-electron chi connectivity index (χ4n) is 1.32. The Morgan fingerprint density at radius 1 is 1.29 bits per heavy atom. The molecule has 0 N–H and O–H groups in total. The van der Waals surface area contributed by atoms with E-state index in [9.17, 15) is 9.36 Å². The maximum atomic E-state index is 11.7. The first-order chi connectivity index (χ1) is 9.90. The minimum atomic E-state index is -3.68. The maximum absolute atomic E-state index is 11.7. The number of phosphoric acid groups is 1. The summed E-state index contributed by atoms with van der Waals surface area (Å²) in [5, 5.41) is 0.505. The second kappa shape index (κ2) is 8.20. The second-order valence-electron chi connectivity index (χ2n) is 3.86. The molecule has 0 aliphatic heterocycles. The molecule has 0 saturated carbocycles. The van der Waals surface area contributed by atoms with E-state index in [1.807, 2.05) is 0 Å². The van der Waals surface area contributed by atoms with Gasteiger partial charge in [0, 0.05) is 24.8 Å². The summed E-state index contributed by atoms with van der Waals surface area (Å²) in [7, 11) is -1.33. The highest BCUT2D eigenvalue weighted by molar-refractivity contribution is 7.48. The Bertz CT molecular complexity index is 564. The second-order valence-corrected chi connectivity index (χ2v) is 6.07. The Kier molecular flexibility index (Phi) is 6.92. The average molecular weight is 335 g/mol. The van der Waals surface area contributed by atoms with Gasteiger partial charge in [0.25, 0.3) is 0 Å². The quantitative estimate of drug-likeness (QED) is 0.328. The highest BCUT2D eigenvalue weighted by atomic mass is 35.5. The number of carbonyl (C=O) groups excluding carboxylic acids is 1. The van der Waals surface area contributed by atoms with Crippen molar-refractivity contribution in [2.24, 2.45) is 0 Å². The van der Waals surface area contributed by atoms with Crippen LogP contribution in [0.15, 0.2) is 36.1 Å². The summed E-state index contributed by atoms with van der Waals surface area (Å²) in [6.45, 7) is 1.45. The molecule has 0 radical (unpaired) electrons. The van der Waals surface area contributed by atoms with Crippen LogP contribution in [0.4, 0.5) is 0 Å². The molecular weight excluding hydrogens is 319 g/mol. The van der Waals surface area contributed by atoms with E-state index in [4.69, 9.17) is 20.9 Å². The smallest absolute Gasteiger partial charge is 0.458 e. The van der Waals surface area contributed by atoms with Gasteiger partial charge in [-0.2, -0.15) is 0 Å². The fourth-order valence-corrected chi connectivity index (χ4v) is 2.22. The Labute approximate surface area is 128 Å². The van der Waals surface area contributed by atoms with Gasteiger partial charge in [0.05, 0.1) is 6.08 Å². The predicted octanol–water partition coefficient (Wildman–Crippen LogP) is 3.70. The summed E-state index contributed by atoms with van der Waals surface area (Å²) in [5.74, 6) is -0.614. The third kappa shape index (κ3) is 5.89. The number of allylic oxidation sites excluding steroid dienone is 1. The van der Waals surface area contributed by atoms with Gasteiger partial charge in [-0.3, -0.25) is 9.05 Å². The number of esters is 1. The van der Waals surface area contributed by atoms with Crippen LogP contribution in [0, 0.1) is 0 Å². The molecule has 1 rings (SSSR count). The summed E-state index contributed by atoms with van der Waals surface area (Å²) in [5.41, 5.74) is 0.680. The molecule has 0 aliphatic rings. The molecule has 0 spiro atoms. The van der Waals surface area contributed by atoms with E-state index < -0.39 is 13.8 Å². The zero-order valence-electron chi connectivity index (χ0n) is 11.9. The van der Waals surface area contributed by atoms with Crippen molar-refractivity contribution >= 4 is 25.4 Å². The molecule has 0 atom stereocenters. The number of benzene rings is 1. The minimum Gasteiger partial charge on any atom is -0.458 e. The molecule has 0 unspecified atom stereocenters. The Hall–Kier alpha value is -1.33. The first-order valence-electron chi connectivity index (χ1n) is 5.90. The van der Waals surface area contributed by atoms with Gasteiger partial charge in [0.2, 0.25) is 0 Å². The molecule has 6 nitrogen and oxygen atoms in total. The molecule has 21 heavy (non-hydrogen) atoms. The minimum absolute atomic E-state index is 0.0223. The number of hydrogen-bond acceptors (Lipinski definition) is 6. The molecule has 116 valence electrons. The first kappa shape index (κ1) is 17.7. The Morgan fingerprint density at radius 2 is 1.90 bits per heavy atom. The van der Waals surface area contributed by atoms with Crippen molar-refractivity contribution in [3.8, 4) is 0 Å². The van der Waals surface area contributed by atoms with Crippen molar-refractivity contribution in [2.75, 3.05) is 14.2 Å². The van der Waals surface area contributed by atoms with E-state index in [-0.39, 0.29) is 12.4 Å². The highest BCUT2D eigenvalue weighted by Gasteiger charge is 2.24. The molecule has 0 fully saturated rings. The summed E-state index contributed by atoms with van der Waals surface area (Å²) in [4.78, 5) is 11.6. The molecule has 0 bridgehead atoms. The van der Waals surface area contributed by atoms with Gasteiger partial charge in [-0.1, -0.05) is 29.8 Å². The lowest BCUT2D eigenvalue weighted by Gasteiger charge is -2.14. The summed E-state index contributed by atoms with van der Waals surface area (Å²) in [6.07, 6.45) is 1.04. The number of ether oxygens (including phenoxy) is 1. The predicted molar refractivity (Wildman–Crippen MR) is 77.7 cm³/mol. The lowest BCUT2D eigenvalue weighted by Crippen LogP contribution is -2.03. The number of hydrogen-bond donors (Lipinski definition) is 0. The lowest BCUT2D eigenvalue weighted by molar-refractivity contribution is -0.139. The van der Waals surface area contributed by atoms with Gasteiger partial charge in [-0.15, -0.1) is 0 Å². The molecule has 0 heterocycles. The number of phosphoric ester groups is 1. The van der Waals surface area contributed by atoms with Crippen LogP contribution < -0.4 is 0 Å². The van der Waals surface area contributed by atoms with E-state index in [1.54, 1.807) is 24.3 Å². The zero-order valence-corrected chi connectivity index (χ0v) is 13.5. The van der Waals surface area contributed by atoms with Gasteiger partial charge in [0.1, 0.15) is 12.4 Å². The van der Waals surface area contributed by atoms with E-state index in [0.717, 1.165) is 6.08 Å². The molecule has 0 saturated heterocycles. The van der Waals surface area contributed by atoms with Crippen LogP contribution in [0.2, 0.25) is 5.02 Å². The molecule has 8 heteroatoms. The van der Waals surface area contributed by atoms with Crippen LogP contribution in [0.1, 0.15) is 12.5 Å². The SMILES string of the molecule is COP(=O)(OC)O/C(C)=C\C(=O)OCc1ccccc1Cl. The van der Waals surface area contributed by atoms with Crippen LogP contribution in [0.5, 0.6) is 0 Å². The van der Waals surface area contributed by atoms with Gasteiger partial charge in [-0.25, -0.2) is 9.36 Å². The van der Waals surface area contributed by atoms with Crippen molar-refractivity contribution in [2.45, 2.75) is 13.5 Å². The van der Waals surface area contributed by atoms with Crippen LogP contribution >= 0.6 is 19.4 Å². The topological polar surface area (TPSA) is 71.1 Å². The van der Waals surface area contributed by atoms with Crippen molar-refractivity contribution in [3.05, 3.63) is 46.7 Å². The van der Waals surface area contributed by atoms with Crippen molar-refractivity contribution in [1.82, 2.24) is 0 Å². The van der Waals surface area contributed by atoms with Crippen molar-refractivity contribution in [3.63, 3.8) is 0 Å². The lowest BCUT2D eigenvalue weighted by atomic mass is 10.2. The third-order valence-corrected chi connectivity index (χ3v) is 4.13. The number of rotatable bonds is 7. The average Bonchev–Trinajstić information content (AvgIpc) is 2.46. The van der Waals surface area contributed by atoms with E-state index in [2.05, 4.69) is 9.05 Å². The molecule has 0 aliphatic carbocycles. The Morgan fingerprint density at radius 3 is 2.48 bits per heavy atom. The van der Waals surface area contributed by atoms with Crippen molar-refractivity contribution < 1.29 is 27.7 Å². The van der Waals surface area contributed by atoms with E-state index in [1.165, 1.54) is 21.1 Å². The number of halogens is 1. The van der Waals surface area contributed by atoms with Crippen LogP contribution in [0.3, 0.4) is 0 Å². The molecule has 1 aromatic carbocycles. The summed E-state index contributed by atoms with van der Waals surface area (Å²) < 4.78 is 30.8. The van der Waals surface area contributed by atoms with Gasteiger partial charge >= 0.3 is 13.8 Å². The third-order valence-electron chi connectivity index (χ3n) is 2.35. The first-order valence-corrected chi connectivity index (χ1v) is 7.73. The largest absolute Gasteiger partial charge is 0.529 e. The summed E-state index contributed by atoms with van der Waals surface area (Å²) in [6, 6.07) is 7.00. The Balaban J connectivity index is 2.58. The monoisotopic (exact) mass is 334 g/mol. The highest BCUT2D eigenvalue weighted by Crippen LogP contribution is 2.49. The van der Waals surface area contributed by atoms with Gasteiger partial charge in [0.15, 0.2) is 0 Å². The molecule has 0 aromatic heterocycles. The normalized spacial score (nSPS) is 12.1. The van der Waals surface area contributed by atoms with Gasteiger partial charge < -0.3 is 9.26 Å². The van der Waals surface area contributed by atoms with Crippen LogP contribution in [0.25, 0.3) is 0 Å². The maximum Gasteiger partial charge on any atom is 0.529 e. The van der Waals surface area contributed by atoms with E-state index >= 15 is 0 Å². The summed E-state index contributed by atoms with van der Waals surface area (Å²) >= 11 is 5.94. The van der Waals surface area contributed by atoms with Crippen LogP contribution in [-0.4, -0.2) is 20.2 Å². The standard InChI is InChI=1S/C13H16ClO6P/c1-10(20-21(16,17-2)18-3)8-13(15)19-9-11-6-4-5-7-12(11)14/h4-8H,9H2,1-3H3/b10-8-. The molecule has 1 aromatic rings. The van der Waals surface area contributed by atoms with Crippen LogP contribution in [-0.2, 0) is 34.3 Å². The number of carbonyl (C=O) groups is 1. The zero-order chi connectivity index (χ0) is 15.9. The van der Waals surface area contributed by atoms with Gasteiger partial charge in [-0.05, 0) is 13.0 Å². The molecule has 0 amide bonds. The molecular formula is C13H16ClO6P. The van der Waals surface area contributed by atoms with E-state index in [0.29, 0.717) is 10.6 Å².